The summed E-state index contributed by atoms with van der Waals surface area (Å²) in [7, 11) is 0. The SMILES string of the molecule is O=C(NCC(O)c1ccc(F)c(F)c1)c1cncc(Br)c1. The zero-order valence-corrected chi connectivity index (χ0v) is 12.3. The Bertz CT molecular complexity index is 667. The van der Waals surface area contributed by atoms with Gasteiger partial charge < -0.3 is 10.4 Å². The second-order valence-electron chi connectivity index (χ2n) is 4.29. The molecule has 0 aliphatic carbocycles. The van der Waals surface area contributed by atoms with Crippen molar-refractivity contribution in [2.24, 2.45) is 0 Å². The Labute approximate surface area is 128 Å². The number of rotatable bonds is 4. The average Bonchev–Trinajstić information content (AvgIpc) is 2.47. The largest absolute Gasteiger partial charge is 0.387 e. The Morgan fingerprint density at radius 3 is 2.71 bits per heavy atom. The van der Waals surface area contributed by atoms with Crippen molar-refractivity contribution >= 4 is 21.8 Å². The molecule has 0 aliphatic heterocycles. The van der Waals surface area contributed by atoms with E-state index in [9.17, 15) is 18.7 Å². The molecule has 0 saturated carbocycles. The van der Waals surface area contributed by atoms with Gasteiger partial charge in [0.1, 0.15) is 0 Å². The van der Waals surface area contributed by atoms with Crippen LogP contribution < -0.4 is 5.32 Å². The highest BCUT2D eigenvalue weighted by Crippen LogP contribution is 2.16. The maximum absolute atomic E-state index is 13.1. The summed E-state index contributed by atoms with van der Waals surface area (Å²) in [6.07, 6.45) is 1.78. The van der Waals surface area contributed by atoms with Crippen molar-refractivity contribution in [3.63, 3.8) is 0 Å². The van der Waals surface area contributed by atoms with Crippen LogP contribution in [0, 0.1) is 11.6 Å². The van der Waals surface area contributed by atoms with Crippen molar-refractivity contribution in [2.75, 3.05) is 6.54 Å². The van der Waals surface area contributed by atoms with E-state index in [1.54, 1.807) is 6.07 Å². The van der Waals surface area contributed by atoms with Crippen LogP contribution in [0.25, 0.3) is 0 Å². The van der Waals surface area contributed by atoms with Crippen molar-refractivity contribution < 1.29 is 18.7 Å². The van der Waals surface area contributed by atoms with Gasteiger partial charge >= 0.3 is 0 Å². The summed E-state index contributed by atoms with van der Waals surface area (Å²) >= 11 is 3.19. The summed E-state index contributed by atoms with van der Waals surface area (Å²) in [5.74, 6) is -2.46. The monoisotopic (exact) mass is 356 g/mol. The first-order chi connectivity index (χ1) is 9.97. The topological polar surface area (TPSA) is 62.2 Å². The summed E-state index contributed by atoms with van der Waals surface area (Å²) < 4.78 is 26.5. The van der Waals surface area contributed by atoms with Gasteiger partial charge in [0, 0.05) is 23.4 Å². The number of nitrogens with zero attached hydrogens (tertiary/aromatic N) is 1. The van der Waals surface area contributed by atoms with Crippen LogP contribution in [0.3, 0.4) is 0 Å². The van der Waals surface area contributed by atoms with E-state index in [0.29, 0.717) is 10.0 Å². The van der Waals surface area contributed by atoms with Gasteiger partial charge in [0.25, 0.3) is 5.91 Å². The lowest BCUT2D eigenvalue weighted by molar-refractivity contribution is 0.0915. The Morgan fingerprint density at radius 1 is 1.29 bits per heavy atom. The molecule has 0 spiro atoms. The van der Waals surface area contributed by atoms with E-state index in [0.717, 1.165) is 12.1 Å². The molecule has 1 heterocycles. The highest BCUT2D eigenvalue weighted by Gasteiger charge is 2.13. The van der Waals surface area contributed by atoms with E-state index in [1.165, 1.54) is 18.5 Å². The van der Waals surface area contributed by atoms with Gasteiger partial charge in [-0.3, -0.25) is 9.78 Å². The number of hydrogen-bond acceptors (Lipinski definition) is 3. The highest BCUT2D eigenvalue weighted by atomic mass is 79.9. The maximum Gasteiger partial charge on any atom is 0.252 e. The molecule has 1 atom stereocenters. The van der Waals surface area contributed by atoms with Crippen molar-refractivity contribution in [1.29, 1.82) is 0 Å². The second kappa shape index (κ2) is 6.73. The fraction of sp³-hybridized carbons (Fsp3) is 0.143. The quantitative estimate of drug-likeness (QED) is 0.884. The van der Waals surface area contributed by atoms with Crippen LogP contribution in [0.2, 0.25) is 0 Å². The second-order valence-corrected chi connectivity index (χ2v) is 5.21. The third kappa shape index (κ3) is 4.05. The molecule has 2 rings (SSSR count). The molecule has 1 aromatic carbocycles. The van der Waals surface area contributed by atoms with Gasteiger partial charge in [0.05, 0.1) is 11.7 Å². The van der Waals surface area contributed by atoms with Gasteiger partial charge in [0.15, 0.2) is 11.6 Å². The van der Waals surface area contributed by atoms with Crippen LogP contribution in [-0.2, 0) is 0 Å². The molecule has 0 saturated heterocycles. The number of amides is 1. The standard InChI is InChI=1S/C14H11BrF2N2O2/c15-10-3-9(5-18-6-10)14(21)19-7-13(20)8-1-2-11(16)12(17)4-8/h1-6,13,20H,7H2,(H,19,21). The molecule has 1 aromatic heterocycles. The van der Waals surface area contributed by atoms with Gasteiger partial charge in [-0.05, 0) is 39.7 Å². The molecular weight excluding hydrogens is 346 g/mol. The van der Waals surface area contributed by atoms with Crippen LogP contribution in [0.1, 0.15) is 22.0 Å². The first-order valence-electron chi connectivity index (χ1n) is 5.99. The fourth-order valence-electron chi connectivity index (χ4n) is 1.66. The van der Waals surface area contributed by atoms with Gasteiger partial charge in [-0.2, -0.15) is 0 Å². The lowest BCUT2D eigenvalue weighted by Crippen LogP contribution is -2.28. The Balaban J connectivity index is 1.99. The summed E-state index contributed by atoms with van der Waals surface area (Å²) in [4.78, 5) is 15.7. The maximum atomic E-state index is 13.1. The van der Waals surface area contributed by atoms with Crippen molar-refractivity contribution in [3.8, 4) is 0 Å². The number of nitrogens with one attached hydrogen (secondary N) is 1. The molecule has 21 heavy (non-hydrogen) atoms. The Morgan fingerprint density at radius 2 is 2.05 bits per heavy atom. The summed E-state index contributed by atoms with van der Waals surface area (Å²) in [6.45, 7) is -0.129. The number of aliphatic hydroxyl groups excluding tert-OH is 1. The molecule has 4 nitrogen and oxygen atoms in total. The van der Waals surface area contributed by atoms with Crippen molar-refractivity contribution in [2.45, 2.75) is 6.10 Å². The first-order valence-corrected chi connectivity index (χ1v) is 6.78. The van der Waals surface area contributed by atoms with Gasteiger partial charge in [-0.25, -0.2) is 8.78 Å². The van der Waals surface area contributed by atoms with E-state index in [-0.39, 0.29) is 12.1 Å². The molecule has 1 amide bonds. The number of benzene rings is 1. The van der Waals surface area contributed by atoms with E-state index < -0.39 is 23.6 Å². The van der Waals surface area contributed by atoms with Crippen LogP contribution >= 0.6 is 15.9 Å². The van der Waals surface area contributed by atoms with Gasteiger partial charge in [-0.15, -0.1) is 0 Å². The molecule has 0 bridgehead atoms. The molecule has 2 aromatic rings. The van der Waals surface area contributed by atoms with E-state index in [1.807, 2.05) is 0 Å². The minimum absolute atomic E-state index is 0.129. The predicted octanol–water partition coefficient (Wildman–Crippen LogP) is 2.59. The van der Waals surface area contributed by atoms with Crippen LogP contribution in [0.5, 0.6) is 0 Å². The molecule has 0 radical (unpaired) electrons. The molecule has 1 unspecified atom stereocenters. The Kier molecular flexibility index (Phi) is 4.98. The number of pyridine rings is 1. The third-order valence-corrected chi connectivity index (χ3v) is 3.19. The third-order valence-electron chi connectivity index (χ3n) is 2.75. The van der Waals surface area contributed by atoms with E-state index in [4.69, 9.17) is 0 Å². The molecular formula is C14H11BrF2N2O2. The normalized spacial score (nSPS) is 12.0. The average molecular weight is 357 g/mol. The molecule has 0 aliphatic rings. The zero-order chi connectivity index (χ0) is 15.4. The summed E-state index contributed by atoms with van der Waals surface area (Å²) in [5, 5.41) is 12.4. The van der Waals surface area contributed by atoms with Crippen LogP contribution in [0.15, 0.2) is 41.1 Å². The number of carbonyl (C=O) groups excluding carboxylic acids is 1. The minimum atomic E-state index is -1.14. The smallest absolute Gasteiger partial charge is 0.252 e. The predicted molar refractivity (Wildman–Crippen MR) is 75.6 cm³/mol. The molecule has 7 heteroatoms. The van der Waals surface area contributed by atoms with Crippen molar-refractivity contribution in [1.82, 2.24) is 10.3 Å². The Hall–Kier alpha value is -1.86. The van der Waals surface area contributed by atoms with Crippen LogP contribution in [-0.4, -0.2) is 22.5 Å². The number of aliphatic hydroxyl groups is 1. The summed E-state index contributed by atoms with van der Waals surface area (Å²) in [5.41, 5.74) is 0.503. The van der Waals surface area contributed by atoms with Crippen molar-refractivity contribution in [3.05, 3.63) is 63.9 Å². The lowest BCUT2D eigenvalue weighted by Gasteiger charge is -2.12. The lowest BCUT2D eigenvalue weighted by atomic mass is 10.1. The highest BCUT2D eigenvalue weighted by molar-refractivity contribution is 9.10. The molecule has 110 valence electrons. The van der Waals surface area contributed by atoms with E-state index in [2.05, 4.69) is 26.2 Å². The van der Waals surface area contributed by atoms with Gasteiger partial charge in [0.2, 0.25) is 0 Å². The van der Waals surface area contributed by atoms with Gasteiger partial charge in [-0.1, -0.05) is 6.07 Å². The minimum Gasteiger partial charge on any atom is -0.387 e. The zero-order valence-electron chi connectivity index (χ0n) is 10.7. The molecule has 2 N–H and O–H groups in total. The number of aromatic nitrogens is 1. The summed E-state index contributed by atoms with van der Waals surface area (Å²) in [6, 6.07) is 4.66. The number of hydrogen-bond donors (Lipinski definition) is 2. The first kappa shape index (κ1) is 15.5. The fourth-order valence-corrected chi connectivity index (χ4v) is 2.03. The van der Waals surface area contributed by atoms with Crippen LogP contribution in [0.4, 0.5) is 8.78 Å². The number of halogens is 3. The van der Waals surface area contributed by atoms with E-state index >= 15 is 0 Å². The molecule has 0 fully saturated rings. The number of carbonyl (C=O) groups is 1.